The van der Waals surface area contributed by atoms with Crippen molar-refractivity contribution in [2.75, 3.05) is 18.0 Å². The molecule has 1 saturated heterocycles. The quantitative estimate of drug-likeness (QED) is 0.789. The van der Waals surface area contributed by atoms with Crippen LogP contribution in [-0.2, 0) is 0 Å². The fourth-order valence-corrected chi connectivity index (χ4v) is 3.56. The number of nitrogens with zero attached hydrogens (tertiary/aromatic N) is 4. The summed E-state index contributed by atoms with van der Waals surface area (Å²) in [5, 5.41) is 1.24. The van der Waals surface area contributed by atoms with Gasteiger partial charge in [0.2, 0.25) is 0 Å². The minimum absolute atomic E-state index is 0.0895. The van der Waals surface area contributed by atoms with E-state index >= 15 is 0 Å². The van der Waals surface area contributed by atoms with Crippen molar-refractivity contribution in [1.29, 1.82) is 0 Å². The Bertz CT molecular complexity index is 852. The van der Waals surface area contributed by atoms with Crippen LogP contribution >= 0.6 is 0 Å². The van der Waals surface area contributed by atoms with Gasteiger partial charge in [-0.25, -0.2) is 15.0 Å². The van der Waals surface area contributed by atoms with Gasteiger partial charge in [0.25, 0.3) is 5.88 Å². The Labute approximate surface area is 147 Å². The van der Waals surface area contributed by atoms with Crippen LogP contribution in [0.3, 0.4) is 0 Å². The van der Waals surface area contributed by atoms with Crippen LogP contribution in [0.2, 0.25) is 0 Å². The number of H-pyrrole nitrogens is 1. The molecule has 0 bridgehead atoms. The van der Waals surface area contributed by atoms with Crippen molar-refractivity contribution in [1.82, 2.24) is 19.9 Å². The molecule has 0 radical (unpaired) electrons. The summed E-state index contributed by atoms with van der Waals surface area (Å²) in [5.74, 6) is 2.03. The van der Waals surface area contributed by atoms with Crippen molar-refractivity contribution in [3.8, 4) is 5.88 Å². The van der Waals surface area contributed by atoms with Gasteiger partial charge in [-0.05, 0) is 50.3 Å². The molecule has 0 aromatic carbocycles. The van der Waals surface area contributed by atoms with Gasteiger partial charge in [-0.1, -0.05) is 0 Å². The molecule has 1 aliphatic rings. The number of ether oxygens (including phenoxy) is 1. The molecule has 1 aliphatic heterocycles. The molecule has 130 valence electrons. The third-order valence-corrected chi connectivity index (χ3v) is 4.71. The first-order valence-electron chi connectivity index (χ1n) is 8.87. The van der Waals surface area contributed by atoms with Gasteiger partial charge in [-0.3, -0.25) is 0 Å². The maximum atomic E-state index is 5.83. The van der Waals surface area contributed by atoms with Crippen LogP contribution in [-0.4, -0.2) is 39.1 Å². The van der Waals surface area contributed by atoms with Gasteiger partial charge >= 0.3 is 0 Å². The highest BCUT2D eigenvalue weighted by molar-refractivity contribution is 5.80. The first-order valence-corrected chi connectivity index (χ1v) is 8.87. The zero-order valence-corrected chi connectivity index (χ0v) is 14.6. The van der Waals surface area contributed by atoms with Gasteiger partial charge in [-0.2, -0.15) is 0 Å². The molecule has 6 heteroatoms. The average molecular weight is 337 g/mol. The van der Waals surface area contributed by atoms with Gasteiger partial charge in [0.05, 0.1) is 6.10 Å². The third kappa shape index (κ3) is 3.16. The molecule has 0 aliphatic carbocycles. The number of pyridine rings is 1. The van der Waals surface area contributed by atoms with E-state index in [1.165, 1.54) is 10.9 Å². The predicted molar refractivity (Wildman–Crippen MR) is 98.1 cm³/mol. The second-order valence-electron chi connectivity index (χ2n) is 6.76. The Balaban J connectivity index is 1.50. The summed E-state index contributed by atoms with van der Waals surface area (Å²) in [6.07, 6.45) is 9.63. The minimum Gasteiger partial charge on any atom is -0.472 e. The second-order valence-corrected chi connectivity index (χ2v) is 6.76. The van der Waals surface area contributed by atoms with Crippen LogP contribution < -0.4 is 9.64 Å². The first kappa shape index (κ1) is 15.9. The lowest BCUT2D eigenvalue weighted by Gasteiger charge is -2.33. The monoisotopic (exact) mass is 337 g/mol. The molecule has 4 heterocycles. The van der Waals surface area contributed by atoms with E-state index in [2.05, 4.69) is 37.1 Å². The highest BCUT2D eigenvalue weighted by atomic mass is 16.5. The van der Waals surface area contributed by atoms with E-state index in [4.69, 9.17) is 4.74 Å². The van der Waals surface area contributed by atoms with E-state index in [0.717, 1.165) is 37.4 Å². The molecule has 1 fully saturated rings. The van der Waals surface area contributed by atoms with Crippen LogP contribution in [0.25, 0.3) is 11.0 Å². The lowest BCUT2D eigenvalue weighted by molar-refractivity contribution is 0.231. The van der Waals surface area contributed by atoms with Crippen molar-refractivity contribution in [2.45, 2.75) is 38.7 Å². The third-order valence-electron chi connectivity index (χ3n) is 4.71. The molecule has 3 aromatic rings. The minimum atomic E-state index is 0.0895. The van der Waals surface area contributed by atoms with Crippen LogP contribution in [0, 0.1) is 0 Å². The molecule has 0 saturated carbocycles. The number of hydrogen-bond acceptors (Lipinski definition) is 5. The SMILES string of the molecule is CC(C)Oc1nccnc1N1CCC(c2c[nH]c3ncccc23)CC1. The zero-order chi connectivity index (χ0) is 17.2. The Hall–Kier alpha value is -2.63. The molecule has 1 N–H and O–H groups in total. The maximum absolute atomic E-state index is 5.83. The smallest absolute Gasteiger partial charge is 0.257 e. The lowest BCUT2D eigenvalue weighted by atomic mass is 9.89. The number of aromatic amines is 1. The van der Waals surface area contributed by atoms with Gasteiger partial charge in [0.1, 0.15) is 5.65 Å². The number of anilines is 1. The van der Waals surface area contributed by atoms with Crippen molar-refractivity contribution < 1.29 is 4.74 Å². The van der Waals surface area contributed by atoms with Crippen LogP contribution in [0.5, 0.6) is 5.88 Å². The zero-order valence-electron chi connectivity index (χ0n) is 14.6. The lowest BCUT2D eigenvalue weighted by Crippen LogP contribution is -2.34. The molecule has 4 rings (SSSR count). The number of hydrogen-bond donors (Lipinski definition) is 1. The number of fused-ring (bicyclic) bond motifs is 1. The van der Waals surface area contributed by atoms with Crippen LogP contribution in [0.15, 0.2) is 36.9 Å². The molecule has 25 heavy (non-hydrogen) atoms. The molecule has 0 atom stereocenters. The van der Waals surface area contributed by atoms with E-state index in [1.54, 1.807) is 12.4 Å². The van der Waals surface area contributed by atoms with Crippen LogP contribution in [0.4, 0.5) is 5.82 Å². The highest BCUT2D eigenvalue weighted by Gasteiger charge is 2.25. The molecule has 0 unspecified atom stereocenters. The van der Waals surface area contributed by atoms with Gasteiger partial charge in [0.15, 0.2) is 5.82 Å². The number of rotatable bonds is 4. The van der Waals surface area contributed by atoms with E-state index in [-0.39, 0.29) is 6.10 Å². The maximum Gasteiger partial charge on any atom is 0.257 e. The van der Waals surface area contributed by atoms with Gasteiger partial charge in [-0.15, -0.1) is 0 Å². The summed E-state index contributed by atoms with van der Waals surface area (Å²) in [5.41, 5.74) is 2.35. The molecule has 0 spiro atoms. The predicted octanol–water partition coefficient (Wildman–Crippen LogP) is 3.52. The van der Waals surface area contributed by atoms with Crippen molar-refractivity contribution >= 4 is 16.9 Å². The first-order chi connectivity index (χ1) is 12.2. The summed E-state index contributed by atoms with van der Waals surface area (Å²) in [6, 6.07) is 4.15. The van der Waals surface area contributed by atoms with Gasteiger partial charge in [0, 0.05) is 43.3 Å². The normalized spacial score (nSPS) is 15.9. The summed E-state index contributed by atoms with van der Waals surface area (Å²) in [6.45, 7) is 5.92. The Morgan fingerprint density at radius 3 is 2.72 bits per heavy atom. The number of aromatic nitrogens is 4. The molecule has 3 aromatic heterocycles. The fourth-order valence-electron chi connectivity index (χ4n) is 3.56. The largest absolute Gasteiger partial charge is 0.472 e. The number of nitrogens with one attached hydrogen (secondary N) is 1. The summed E-state index contributed by atoms with van der Waals surface area (Å²) >= 11 is 0. The Morgan fingerprint density at radius 1 is 1.12 bits per heavy atom. The topological polar surface area (TPSA) is 66.9 Å². The van der Waals surface area contributed by atoms with Crippen LogP contribution in [0.1, 0.15) is 38.2 Å². The van der Waals surface area contributed by atoms with Crippen molar-refractivity contribution in [3.05, 3.63) is 42.5 Å². The highest BCUT2D eigenvalue weighted by Crippen LogP contribution is 2.35. The molecular weight excluding hydrogens is 314 g/mol. The average Bonchev–Trinajstić information content (AvgIpc) is 3.06. The van der Waals surface area contributed by atoms with E-state index < -0.39 is 0 Å². The second kappa shape index (κ2) is 6.70. The summed E-state index contributed by atoms with van der Waals surface area (Å²) in [4.78, 5) is 18.9. The van der Waals surface area contributed by atoms with Crippen molar-refractivity contribution in [2.24, 2.45) is 0 Å². The molecule has 6 nitrogen and oxygen atoms in total. The standard InChI is InChI=1S/C19H23N5O/c1-13(2)25-19-18(21-8-9-22-19)24-10-5-14(6-11-24)16-12-23-17-15(16)4-3-7-20-17/h3-4,7-9,12-14H,5-6,10-11H2,1-2H3,(H,20,23). The Kier molecular flexibility index (Phi) is 4.26. The molecule has 0 amide bonds. The van der Waals surface area contributed by atoms with Crippen molar-refractivity contribution in [3.63, 3.8) is 0 Å². The summed E-state index contributed by atoms with van der Waals surface area (Å²) in [7, 11) is 0. The van der Waals surface area contributed by atoms with E-state index in [1.807, 2.05) is 26.1 Å². The Morgan fingerprint density at radius 2 is 1.92 bits per heavy atom. The van der Waals surface area contributed by atoms with E-state index in [9.17, 15) is 0 Å². The van der Waals surface area contributed by atoms with Gasteiger partial charge < -0.3 is 14.6 Å². The molecular formula is C19H23N5O. The van der Waals surface area contributed by atoms with E-state index in [0.29, 0.717) is 11.8 Å². The summed E-state index contributed by atoms with van der Waals surface area (Å²) < 4.78 is 5.83. The fraction of sp³-hybridized carbons (Fsp3) is 0.421. The number of piperidine rings is 1.